The zero-order valence-corrected chi connectivity index (χ0v) is 12.0. The van der Waals surface area contributed by atoms with Gasteiger partial charge in [0, 0.05) is 0 Å². The Morgan fingerprint density at radius 2 is 1.95 bits per heavy atom. The second kappa shape index (κ2) is 5.05. The average molecular weight is 291 g/mol. The monoisotopic (exact) mass is 291 g/mol. The molecule has 1 aliphatic carbocycles. The van der Waals surface area contributed by atoms with Crippen molar-refractivity contribution in [2.45, 2.75) is 44.1 Å². The molecule has 1 fully saturated rings. The number of nitrogens with zero attached hydrogens (tertiary/aromatic N) is 1. The average Bonchev–Trinajstić information content (AvgIpc) is 2.78. The molecule has 106 valence electrons. The lowest BCUT2D eigenvalue weighted by atomic mass is 9.79. The number of carboxylic acids is 1. The summed E-state index contributed by atoms with van der Waals surface area (Å²) in [5.41, 5.74) is -0.557. The molecule has 1 N–H and O–H groups in total. The third-order valence-electron chi connectivity index (χ3n) is 4.19. The molecule has 0 unspecified atom stereocenters. The van der Waals surface area contributed by atoms with Crippen LogP contribution in [0.15, 0.2) is 29.1 Å². The molecule has 0 bridgehead atoms. The van der Waals surface area contributed by atoms with E-state index in [1.54, 1.807) is 3.96 Å². The SMILES string of the molecule is O=C(O)CC1(n2sc3ccccc3c2=O)CCCCC1. The first-order chi connectivity index (χ1) is 9.62. The van der Waals surface area contributed by atoms with Crippen LogP contribution in [0.25, 0.3) is 10.1 Å². The normalized spacial score (nSPS) is 18.2. The highest BCUT2D eigenvalue weighted by Crippen LogP contribution is 2.39. The van der Waals surface area contributed by atoms with E-state index in [9.17, 15) is 14.7 Å². The summed E-state index contributed by atoms with van der Waals surface area (Å²) >= 11 is 1.41. The van der Waals surface area contributed by atoms with E-state index in [4.69, 9.17) is 0 Å². The predicted octanol–water partition coefficient (Wildman–Crippen LogP) is 3.20. The topological polar surface area (TPSA) is 59.3 Å². The molecule has 1 aliphatic rings. The van der Waals surface area contributed by atoms with Crippen LogP contribution in [0.1, 0.15) is 38.5 Å². The van der Waals surface area contributed by atoms with Crippen LogP contribution in [-0.4, -0.2) is 15.0 Å². The summed E-state index contributed by atoms with van der Waals surface area (Å²) in [4.78, 5) is 23.9. The van der Waals surface area contributed by atoms with Crippen molar-refractivity contribution < 1.29 is 9.90 Å². The van der Waals surface area contributed by atoms with Gasteiger partial charge in [-0.2, -0.15) is 0 Å². The molecule has 20 heavy (non-hydrogen) atoms. The van der Waals surface area contributed by atoms with Crippen molar-refractivity contribution in [1.29, 1.82) is 0 Å². The van der Waals surface area contributed by atoms with Crippen LogP contribution >= 0.6 is 11.5 Å². The van der Waals surface area contributed by atoms with Gasteiger partial charge in [0.05, 0.1) is 22.0 Å². The maximum Gasteiger partial charge on any atom is 0.305 e. The van der Waals surface area contributed by atoms with Crippen molar-refractivity contribution >= 4 is 27.6 Å². The van der Waals surface area contributed by atoms with E-state index in [1.807, 2.05) is 24.3 Å². The van der Waals surface area contributed by atoms with Gasteiger partial charge in [0.2, 0.25) is 0 Å². The summed E-state index contributed by atoms with van der Waals surface area (Å²) in [6.45, 7) is 0. The van der Waals surface area contributed by atoms with Crippen molar-refractivity contribution in [1.82, 2.24) is 3.96 Å². The maximum absolute atomic E-state index is 12.6. The van der Waals surface area contributed by atoms with Gasteiger partial charge >= 0.3 is 5.97 Å². The Labute approximate surface area is 120 Å². The van der Waals surface area contributed by atoms with Crippen LogP contribution in [0.4, 0.5) is 0 Å². The smallest absolute Gasteiger partial charge is 0.305 e. The first kappa shape index (κ1) is 13.4. The Morgan fingerprint density at radius 3 is 2.60 bits per heavy atom. The van der Waals surface area contributed by atoms with E-state index in [-0.39, 0.29) is 12.0 Å². The Morgan fingerprint density at radius 1 is 1.25 bits per heavy atom. The molecule has 5 heteroatoms. The number of hydrogen-bond donors (Lipinski definition) is 1. The van der Waals surface area contributed by atoms with Gasteiger partial charge < -0.3 is 5.11 Å². The van der Waals surface area contributed by atoms with Gasteiger partial charge in [0.15, 0.2) is 0 Å². The molecule has 1 heterocycles. The number of benzene rings is 1. The molecule has 2 aromatic rings. The highest BCUT2D eigenvalue weighted by Gasteiger charge is 2.38. The molecule has 1 aromatic heterocycles. The van der Waals surface area contributed by atoms with Gasteiger partial charge in [-0.25, -0.2) is 0 Å². The maximum atomic E-state index is 12.6. The molecular formula is C15H17NO3S. The molecule has 1 aromatic carbocycles. The van der Waals surface area contributed by atoms with Gasteiger partial charge in [-0.1, -0.05) is 42.9 Å². The number of carbonyl (C=O) groups is 1. The summed E-state index contributed by atoms with van der Waals surface area (Å²) in [5.74, 6) is -0.823. The highest BCUT2D eigenvalue weighted by molar-refractivity contribution is 7.13. The molecule has 0 saturated heterocycles. The first-order valence-corrected chi connectivity index (χ1v) is 7.73. The molecular weight excluding hydrogens is 274 g/mol. The number of carboxylic acid groups (broad SMARTS) is 1. The Bertz CT molecular complexity index is 694. The van der Waals surface area contributed by atoms with E-state index in [2.05, 4.69) is 0 Å². The van der Waals surface area contributed by atoms with Crippen molar-refractivity contribution in [3.8, 4) is 0 Å². The highest BCUT2D eigenvalue weighted by atomic mass is 32.1. The summed E-state index contributed by atoms with van der Waals surface area (Å²) in [6, 6.07) is 7.51. The summed E-state index contributed by atoms with van der Waals surface area (Å²) in [7, 11) is 0. The van der Waals surface area contributed by atoms with Crippen LogP contribution in [0.5, 0.6) is 0 Å². The van der Waals surface area contributed by atoms with E-state index < -0.39 is 11.5 Å². The van der Waals surface area contributed by atoms with Gasteiger partial charge in [0.25, 0.3) is 5.56 Å². The second-order valence-corrected chi connectivity index (χ2v) is 6.53. The number of hydrogen-bond acceptors (Lipinski definition) is 3. The quantitative estimate of drug-likeness (QED) is 0.944. The fraction of sp³-hybridized carbons (Fsp3) is 0.467. The number of rotatable bonds is 3. The standard InChI is InChI=1S/C15H17NO3S/c17-13(18)10-15(8-4-1-5-9-15)16-14(19)11-6-2-3-7-12(11)20-16/h2-3,6-7H,1,4-5,8-10H2,(H,17,18). The Kier molecular flexibility index (Phi) is 3.38. The lowest BCUT2D eigenvalue weighted by molar-refractivity contribution is -0.139. The number of fused-ring (bicyclic) bond motifs is 1. The third kappa shape index (κ3) is 2.16. The zero-order chi connectivity index (χ0) is 14.2. The largest absolute Gasteiger partial charge is 0.481 e. The number of aliphatic carboxylic acids is 1. The molecule has 1 saturated carbocycles. The fourth-order valence-electron chi connectivity index (χ4n) is 3.23. The zero-order valence-electron chi connectivity index (χ0n) is 11.2. The minimum Gasteiger partial charge on any atom is -0.481 e. The second-order valence-electron chi connectivity index (χ2n) is 5.54. The Hall–Kier alpha value is -1.62. The Balaban J connectivity index is 2.16. The minimum atomic E-state index is -0.823. The molecule has 0 atom stereocenters. The predicted molar refractivity (Wildman–Crippen MR) is 79.4 cm³/mol. The lowest BCUT2D eigenvalue weighted by Crippen LogP contribution is -2.41. The van der Waals surface area contributed by atoms with E-state index in [0.29, 0.717) is 5.39 Å². The molecule has 0 aliphatic heterocycles. The van der Waals surface area contributed by atoms with Crippen molar-refractivity contribution in [2.75, 3.05) is 0 Å². The summed E-state index contributed by atoms with van der Waals surface area (Å²) in [5, 5.41) is 9.95. The molecule has 3 rings (SSSR count). The minimum absolute atomic E-state index is 0.0336. The molecule has 0 amide bonds. The summed E-state index contributed by atoms with van der Waals surface area (Å²) < 4.78 is 2.68. The van der Waals surface area contributed by atoms with Gasteiger partial charge in [-0.15, -0.1) is 0 Å². The lowest BCUT2D eigenvalue weighted by Gasteiger charge is -2.36. The van der Waals surface area contributed by atoms with E-state index >= 15 is 0 Å². The van der Waals surface area contributed by atoms with E-state index in [0.717, 1.165) is 36.8 Å². The van der Waals surface area contributed by atoms with Crippen LogP contribution in [0.3, 0.4) is 0 Å². The third-order valence-corrected chi connectivity index (χ3v) is 5.48. The number of aromatic nitrogens is 1. The van der Waals surface area contributed by atoms with Crippen molar-refractivity contribution in [3.05, 3.63) is 34.6 Å². The fourth-order valence-corrected chi connectivity index (χ4v) is 4.44. The van der Waals surface area contributed by atoms with Crippen LogP contribution in [0, 0.1) is 0 Å². The first-order valence-electron chi connectivity index (χ1n) is 6.96. The van der Waals surface area contributed by atoms with Gasteiger partial charge in [0.1, 0.15) is 0 Å². The van der Waals surface area contributed by atoms with E-state index in [1.165, 1.54) is 11.5 Å². The molecule has 0 spiro atoms. The van der Waals surface area contributed by atoms with Crippen molar-refractivity contribution in [2.24, 2.45) is 0 Å². The van der Waals surface area contributed by atoms with Crippen molar-refractivity contribution in [3.63, 3.8) is 0 Å². The van der Waals surface area contributed by atoms with Crippen LogP contribution < -0.4 is 5.56 Å². The molecule has 0 radical (unpaired) electrons. The molecule has 4 nitrogen and oxygen atoms in total. The van der Waals surface area contributed by atoms with Gasteiger partial charge in [-0.05, 0) is 25.0 Å². The van der Waals surface area contributed by atoms with Crippen LogP contribution in [-0.2, 0) is 10.3 Å². The van der Waals surface area contributed by atoms with Crippen LogP contribution in [0.2, 0.25) is 0 Å². The summed E-state index contributed by atoms with van der Waals surface area (Å²) in [6.07, 6.45) is 4.72. The van der Waals surface area contributed by atoms with Gasteiger partial charge in [-0.3, -0.25) is 13.5 Å².